The van der Waals surface area contributed by atoms with Crippen LogP contribution >= 0.6 is 0 Å². The van der Waals surface area contributed by atoms with Crippen LogP contribution in [-0.2, 0) is 25.9 Å². The molecule has 2 aromatic rings. The summed E-state index contributed by atoms with van der Waals surface area (Å²) in [5, 5.41) is 10.3. The van der Waals surface area contributed by atoms with Crippen molar-refractivity contribution in [1.29, 1.82) is 0 Å². The van der Waals surface area contributed by atoms with Crippen molar-refractivity contribution in [1.82, 2.24) is 9.21 Å². The van der Waals surface area contributed by atoms with Crippen LogP contribution in [0.15, 0.2) is 59.5 Å². The van der Waals surface area contributed by atoms with E-state index in [0.29, 0.717) is 6.54 Å². The summed E-state index contributed by atoms with van der Waals surface area (Å²) in [6.45, 7) is 2.05. The summed E-state index contributed by atoms with van der Waals surface area (Å²) in [6.07, 6.45) is -0.939. The van der Waals surface area contributed by atoms with Crippen molar-refractivity contribution < 1.29 is 18.7 Å². The molecule has 0 saturated carbocycles. The lowest BCUT2D eigenvalue weighted by molar-refractivity contribution is -0.131. The van der Waals surface area contributed by atoms with Crippen molar-refractivity contribution in [3.05, 3.63) is 65.7 Å². The molecule has 2 atom stereocenters. The summed E-state index contributed by atoms with van der Waals surface area (Å²) in [5.41, 5.74) is 2.06. The molecule has 1 heterocycles. The highest BCUT2D eigenvalue weighted by Crippen LogP contribution is 2.23. The van der Waals surface area contributed by atoms with Gasteiger partial charge in [0, 0.05) is 13.1 Å². The third-order valence-electron chi connectivity index (χ3n) is 4.38. The molecule has 6 nitrogen and oxygen atoms in total. The number of hydrogen-bond acceptors (Lipinski definition) is 4. The van der Waals surface area contributed by atoms with E-state index in [-0.39, 0.29) is 30.4 Å². The zero-order valence-corrected chi connectivity index (χ0v) is 15.4. The van der Waals surface area contributed by atoms with Crippen LogP contribution < -0.4 is 0 Å². The minimum absolute atomic E-state index is 0.104. The zero-order valence-electron chi connectivity index (χ0n) is 14.6. The lowest BCUT2D eigenvalue weighted by Crippen LogP contribution is -2.42. The molecule has 0 aromatic heterocycles. The SMILES string of the molecule is Cc1ccc(CN2CC(O)CN([S+](=O)([O-])c3ccccc3)CC2=O)cc1. The van der Waals surface area contributed by atoms with Crippen LogP contribution in [0, 0.1) is 6.92 Å². The minimum Gasteiger partial charge on any atom is -0.593 e. The van der Waals surface area contributed by atoms with E-state index >= 15 is 0 Å². The van der Waals surface area contributed by atoms with Gasteiger partial charge in [0.25, 0.3) is 0 Å². The monoisotopic (exact) mass is 374 g/mol. The van der Waals surface area contributed by atoms with Crippen LogP contribution in [0.5, 0.6) is 0 Å². The van der Waals surface area contributed by atoms with Crippen LogP contribution in [0.4, 0.5) is 0 Å². The fraction of sp³-hybridized carbons (Fsp3) is 0.316. The van der Waals surface area contributed by atoms with E-state index in [1.165, 1.54) is 17.0 Å². The largest absolute Gasteiger partial charge is 0.593 e. The molecule has 26 heavy (non-hydrogen) atoms. The van der Waals surface area contributed by atoms with Crippen LogP contribution in [0.25, 0.3) is 0 Å². The molecular weight excluding hydrogens is 352 g/mol. The van der Waals surface area contributed by atoms with Gasteiger partial charge in [-0.05, 0) is 24.6 Å². The average molecular weight is 374 g/mol. The molecule has 0 aliphatic carbocycles. The molecule has 0 radical (unpaired) electrons. The maximum atomic E-state index is 12.8. The van der Waals surface area contributed by atoms with Gasteiger partial charge < -0.3 is 14.6 Å². The molecule has 138 valence electrons. The Balaban J connectivity index is 1.78. The number of aryl methyl sites for hydroxylation is 1. The van der Waals surface area contributed by atoms with Crippen molar-refractivity contribution in [2.75, 3.05) is 19.6 Å². The molecule has 0 bridgehead atoms. The predicted molar refractivity (Wildman–Crippen MR) is 97.7 cm³/mol. The molecule has 1 amide bonds. The van der Waals surface area contributed by atoms with Crippen molar-refractivity contribution in [3.63, 3.8) is 0 Å². The Bertz CT molecular complexity index is 810. The number of nitrogens with zero attached hydrogens (tertiary/aromatic N) is 2. The topological polar surface area (TPSA) is 83.9 Å². The Morgan fingerprint density at radius 3 is 2.42 bits per heavy atom. The number of sulfonamides is 1. The Labute approximate surface area is 154 Å². The molecule has 1 aliphatic rings. The highest BCUT2D eigenvalue weighted by molar-refractivity contribution is 7.95. The summed E-state index contributed by atoms with van der Waals surface area (Å²) < 4.78 is 26.6. The first kappa shape index (κ1) is 18.7. The first-order chi connectivity index (χ1) is 12.4. The molecule has 2 aromatic carbocycles. The summed E-state index contributed by atoms with van der Waals surface area (Å²) >= 11 is 0. The van der Waals surface area contributed by atoms with Gasteiger partial charge in [-0.3, -0.25) is 4.79 Å². The second kappa shape index (κ2) is 7.67. The van der Waals surface area contributed by atoms with E-state index in [1.807, 2.05) is 31.2 Å². The van der Waals surface area contributed by atoms with Gasteiger partial charge in [-0.25, -0.2) is 0 Å². The van der Waals surface area contributed by atoms with Gasteiger partial charge >= 0.3 is 0 Å². The number of benzene rings is 2. The van der Waals surface area contributed by atoms with E-state index in [4.69, 9.17) is 0 Å². The third kappa shape index (κ3) is 4.19. The molecule has 1 fully saturated rings. The smallest absolute Gasteiger partial charge is 0.241 e. The lowest BCUT2D eigenvalue weighted by atomic mass is 10.1. The fourth-order valence-corrected chi connectivity index (χ4v) is 4.40. The van der Waals surface area contributed by atoms with E-state index in [0.717, 1.165) is 15.4 Å². The van der Waals surface area contributed by atoms with Crippen LogP contribution in [0.2, 0.25) is 0 Å². The predicted octanol–water partition coefficient (Wildman–Crippen LogP) is 1.60. The molecule has 1 saturated heterocycles. The summed E-state index contributed by atoms with van der Waals surface area (Å²) in [4.78, 5) is 14.3. The van der Waals surface area contributed by atoms with Gasteiger partial charge in [-0.15, -0.1) is 4.31 Å². The Morgan fingerprint density at radius 1 is 1.12 bits per heavy atom. The second-order valence-corrected chi connectivity index (χ2v) is 8.46. The number of rotatable bonds is 4. The number of carbonyl (C=O) groups excluding carboxylic acids is 1. The maximum absolute atomic E-state index is 12.8. The molecule has 0 spiro atoms. The van der Waals surface area contributed by atoms with E-state index in [9.17, 15) is 18.7 Å². The number of β-amino-alcohol motifs (C(OH)–C–C–N with tert-alkyl or cyclic N) is 1. The van der Waals surface area contributed by atoms with E-state index in [2.05, 4.69) is 0 Å². The molecule has 2 unspecified atom stereocenters. The normalized spacial score (nSPS) is 21.3. The van der Waals surface area contributed by atoms with Gasteiger partial charge in [-0.2, -0.15) is 0 Å². The van der Waals surface area contributed by atoms with Crippen LogP contribution in [-0.4, -0.2) is 50.5 Å². The van der Waals surface area contributed by atoms with Gasteiger partial charge in [0.05, 0.1) is 12.6 Å². The van der Waals surface area contributed by atoms with Crippen LogP contribution in [0.3, 0.4) is 0 Å². The molecular formula is C19H22N2O4S. The minimum atomic E-state index is -3.83. The van der Waals surface area contributed by atoms with Gasteiger partial charge in [0.2, 0.25) is 5.91 Å². The van der Waals surface area contributed by atoms with Crippen molar-refractivity contribution >= 4 is 16.3 Å². The lowest BCUT2D eigenvalue weighted by Gasteiger charge is -2.26. The number of hydrogen-bond donors (Lipinski definition) is 1. The molecule has 1 aliphatic heterocycles. The van der Waals surface area contributed by atoms with E-state index in [1.54, 1.807) is 18.2 Å². The quantitative estimate of drug-likeness (QED) is 0.824. The Hall–Kier alpha value is -2.06. The van der Waals surface area contributed by atoms with E-state index < -0.39 is 16.5 Å². The molecule has 7 heteroatoms. The zero-order chi connectivity index (χ0) is 18.7. The first-order valence-electron chi connectivity index (χ1n) is 8.43. The van der Waals surface area contributed by atoms with Gasteiger partial charge in [0.15, 0.2) is 15.3 Å². The Morgan fingerprint density at radius 2 is 1.77 bits per heavy atom. The average Bonchev–Trinajstić information content (AvgIpc) is 2.76. The summed E-state index contributed by atoms with van der Waals surface area (Å²) in [5.74, 6) is -0.318. The summed E-state index contributed by atoms with van der Waals surface area (Å²) in [7, 11) is -3.83. The van der Waals surface area contributed by atoms with Gasteiger partial charge in [-0.1, -0.05) is 52.2 Å². The third-order valence-corrected chi connectivity index (χ3v) is 6.21. The van der Waals surface area contributed by atoms with Crippen LogP contribution in [0.1, 0.15) is 11.1 Å². The van der Waals surface area contributed by atoms with Crippen molar-refractivity contribution in [3.8, 4) is 0 Å². The molecule has 3 rings (SSSR count). The number of aliphatic hydroxyl groups is 1. The highest BCUT2D eigenvalue weighted by Gasteiger charge is 2.37. The van der Waals surface area contributed by atoms with Gasteiger partial charge in [0.1, 0.15) is 6.54 Å². The Kier molecular flexibility index (Phi) is 5.52. The summed E-state index contributed by atoms with van der Waals surface area (Å²) in [6, 6.07) is 15.7. The second-order valence-electron chi connectivity index (χ2n) is 6.52. The molecule has 1 N–H and O–H groups in total. The number of amides is 1. The highest BCUT2D eigenvalue weighted by atomic mass is 32.3. The maximum Gasteiger partial charge on any atom is 0.241 e. The number of carbonyl (C=O) groups is 1. The fourth-order valence-electron chi connectivity index (χ4n) is 2.96. The van der Waals surface area contributed by atoms with Crippen molar-refractivity contribution in [2.45, 2.75) is 24.5 Å². The standard InChI is InChI=1S/C19H22N2O4S/c1-15-7-9-16(10-8-15)11-20-12-17(22)13-21(14-19(20)23)26(24,25)18-5-3-2-4-6-18/h2-10,17,22H,11-14H2,1H3. The van der Waals surface area contributed by atoms with Crippen molar-refractivity contribution in [2.24, 2.45) is 0 Å². The first-order valence-corrected chi connectivity index (χ1v) is 9.87. The number of aliphatic hydroxyl groups excluding tert-OH is 1.